The van der Waals surface area contributed by atoms with Gasteiger partial charge in [0.1, 0.15) is 22.9 Å². The lowest BCUT2D eigenvalue weighted by atomic mass is 10.2. The first-order valence-electron chi connectivity index (χ1n) is 5.20. The van der Waals surface area contributed by atoms with Gasteiger partial charge in [-0.1, -0.05) is 6.07 Å². The lowest BCUT2D eigenvalue weighted by Crippen LogP contribution is -1.97. The predicted octanol–water partition coefficient (Wildman–Crippen LogP) is 2.06. The smallest absolute Gasteiger partial charge is 0.156 e. The molecule has 0 aliphatic carbocycles. The van der Waals surface area contributed by atoms with Crippen LogP contribution >= 0.6 is 0 Å². The molecule has 0 spiro atoms. The molecule has 1 aromatic heterocycles. The van der Waals surface area contributed by atoms with Crippen LogP contribution in [0, 0.1) is 0 Å². The Morgan fingerprint density at radius 3 is 1.72 bits per heavy atom. The molecular formula is C13H13NO4. The Balaban J connectivity index is 3.14. The van der Waals surface area contributed by atoms with Crippen molar-refractivity contribution in [3.8, 4) is 0 Å². The Hall–Kier alpha value is -2.43. The first-order valence-corrected chi connectivity index (χ1v) is 5.20. The maximum absolute atomic E-state index is 10.8. The van der Waals surface area contributed by atoms with Crippen LogP contribution in [-0.2, 0) is 9.59 Å². The molecule has 5 nitrogen and oxygen atoms in total. The summed E-state index contributed by atoms with van der Waals surface area (Å²) in [4.78, 5) is 25.6. The number of aromatic nitrogens is 1. The van der Waals surface area contributed by atoms with E-state index < -0.39 is 0 Å². The average molecular weight is 247 g/mol. The maximum Gasteiger partial charge on any atom is 0.156 e. The molecule has 2 N–H and O–H groups in total. The third kappa shape index (κ3) is 3.86. The van der Waals surface area contributed by atoms with Gasteiger partial charge in [0.2, 0.25) is 0 Å². The molecule has 1 aromatic rings. The van der Waals surface area contributed by atoms with Crippen LogP contribution < -0.4 is 0 Å². The van der Waals surface area contributed by atoms with Gasteiger partial charge < -0.3 is 10.2 Å². The molecule has 0 bridgehead atoms. The Bertz CT molecular complexity index is 498. The van der Waals surface area contributed by atoms with E-state index in [2.05, 4.69) is 4.98 Å². The van der Waals surface area contributed by atoms with Gasteiger partial charge in [0.05, 0.1) is 0 Å². The van der Waals surface area contributed by atoms with Gasteiger partial charge >= 0.3 is 0 Å². The van der Waals surface area contributed by atoms with E-state index in [1.807, 2.05) is 0 Å². The first kappa shape index (κ1) is 13.6. The van der Waals surface area contributed by atoms with Crippen molar-refractivity contribution in [3.05, 3.63) is 41.7 Å². The lowest BCUT2D eigenvalue weighted by molar-refractivity contribution is -0.113. The van der Waals surface area contributed by atoms with Gasteiger partial charge in [-0.25, -0.2) is 4.98 Å². The van der Waals surface area contributed by atoms with E-state index in [9.17, 15) is 19.8 Å². The number of aliphatic hydroxyl groups excluding tert-OH is 2. The molecule has 0 aromatic carbocycles. The maximum atomic E-state index is 10.8. The third-order valence-electron chi connectivity index (χ3n) is 1.95. The van der Waals surface area contributed by atoms with Crippen LogP contribution in [0.2, 0.25) is 0 Å². The van der Waals surface area contributed by atoms with Crippen LogP contribution in [0.1, 0.15) is 25.2 Å². The number of rotatable bonds is 4. The van der Waals surface area contributed by atoms with Crippen molar-refractivity contribution in [2.75, 3.05) is 0 Å². The van der Waals surface area contributed by atoms with Crippen molar-refractivity contribution in [2.24, 2.45) is 0 Å². The summed E-state index contributed by atoms with van der Waals surface area (Å²) in [5.74, 6) is -1.22. The van der Waals surface area contributed by atoms with Crippen molar-refractivity contribution in [2.45, 2.75) is 13.8 Å². The monoisotopic (exact) mass is 247 g/mol. The average Bonchev–Trinajstić information content (AvgIpc) is 2.27. The third-order valence-corrected chi connectivity index (χ3v) is 1.95. The minimum absolute atomic E-state index is 0.145. The van der Waals surface area contributed by atoms with Crippen LogP contribution in [0.15, 0.2) is 30.4 Å². The van der Waals surface area contributed by atoms with E-state index in [0.717, 1.165) is 12.2 Å². The number of hydrogen-bond acceptors (Lipinski definition) is 5. The fraction of sp³-hybridized carbons (Fsp3) is 0.154. The highest BCUT2D eigenvalue weighted by Crippen LogP contribution is 2.13. The Kier molecular flexibility index (Phi) is 4.37. The van der Waals surface area contributed by atoms with Crippen LogP contribution in [0.25, 0.3) is 11.5 Å². The number of carbonyl (C=O) groups excluding carboxylic acids is 2. The van der Waals surface area contributed by atoms with Gasteiger partial charge in [0.25, 0.3) is 0 Å². The highest BCUT2D eigenvalue weighted by atomic mass is 16.3. The second-order valence-corrected chi connectivity index (χ2v) is 3.69. The predicted molar refractivity (Wildman–Crippen MR) is 66.8 cm³/mol. The molecule has 1 rings (SSSR count). The number of aliphatic hydroxyl groups is 2. The summed E-state index contributed by atoms with van der Waals surface area (Å²) in [7, 11) is 0. The molecule has 0 radical (unpaired) electrons. The standard InChI is InChI=1S/C13H13NO4/c1-8(15)6-12(17)10-4-3-5-11(14-10)13(18)7-9(2)16/h3-7,17-18H,1-2H3. The summed E-state index contributed by atoms with van der Waals surface area (Å²) >= 11 is 0. The van der Waals surface area contributed by atoms with Gasteiger partial charge in [0, 0.05) is 12.2 Å². The molecule has 1 heterocycles. The van der Waals surface area contributed by atoms with Crippen LogP contribution in [-0.4, -0.2) is 26.8 Å². The molecular weight excluding hydrogens is 234 g/mol. The summed E-state index contributed by atoms with van der Waals surface area (Å²) in [6.45, 7) is 2.60. The highest BCUT2D eigenvalue weighted by molar-refractivity contribution is 5.94. The number of carbonyl (C=O) groups is 2. The molecule has 0 amide bonds. The Labute approximate surface area is 104 Å². The summed E-state index contributed by atoms with van der Waals surface area (Å²) in [6, 6.07) is 4.52. The van der Waals surface area contributed by atoms with Gasteiger partial charge in [-0.05, 0) is 26.0 Å². The van der Waals surface area contributed by atoms with Crippen molar-refractivity contribution in [1.82, 2.24) is 4.98 Å². The number of pyridine rings is 1. The number of nitrogens with zero attached hydrogens (tertiary/aromatic N) is 1. The molecule has 0 aliphatic rings. The van der Waals surface area contributed by atoms with Crippen LogP contribution in [0.3, 0.4) is 0 Å². The molecule has 0 atom stereocenters. The van der Waals surface area contributed by atoms with E-state index in [-0.39, 0.29) is 34.5 Å². The molecule has 5 heteroatoms. The summed E-state index contributed by atoms with van der Waals surface area (Å²) in [6.07, 6.45) is 2.05. The van der Waals surface area contributed by atoms with Crippen LogP contribution in [0.5, 0.6) is 0 Å². The van der Waals surface area contributed by atoms with Crippen molar-refractivity contribution >= 4 is 23.1 Å². The van der Waals surface area contributed by atoms with E-state index in [1.165, 1.54) is 26.0 Å². The zero-order valence-electron chi connectivity index (χ0n) is 10.0. The largest absolute Gasteiger partial charge is 0.506 e. The van der Waals surface area contributed by atoms with Crippen molar-refractivity contribution in [1.29, 1.82) is 0 Å². The first-order chi connectivity index (χ1) is 8.40. The molecule has 0 unspecified atom stereocenters. The quantitative estimate of drug-likeness (QED) is 0.628. The minimum Gasteiger partial charge on any atom is -0.506 e. The summed E-state index contributed by atoms with van der Waals surface area (Å²) in [5, 5.41) is 19.2. The zero-order chi connectivity index (χ0) is 13.7. The second-order valence-electron chi connectivity index (χ2n) is 3.69. The van der Waals surface area contributed by atoms with Gasteiger partial charge in [-0.2, -0.15) is 0 Å². The van der Waals surface area contributed by atoms with E-state index in [0.29, 0.717) is 0 Å². The lowest BCUT2D eigenvalue weighted by Gasteiger charge is -2.02. The molecule has 18 heavy (non-hydrogen) atoms. The van der Waals surface area contributed by atoms with Crippen LogP contribution in [0.4, 0.5) is 0 Å². The number of hydrogen-bond donors (Lipinski definition) is 2. The van der Waals surface area contributed by atoms with E-state index >= 15 is 0 Å². The SMILES string of the molecule is CC(=O)C=C(O)c1cccc(C(O)=CC(C)=O)n1. The van der Waals surface area contributed by atoms with Gasteiger partial charge in [-0.3, -0.25) is 9.59 Å². The fourth-order valence-corrected chi connectivity index (χ4v) is 1.25. The van der Waals surface area contributed by atoms with Gasteiger partial charge in [0.15, 0.2) is 11.6 Å². The topological polar surface area (TPSA) is 87.5 Å². The molecule has 0 saturated carbocycles. The number of allylic oxidation sites excluding steroid dienone is 2. The molecule has 0 aliphatic heterocycles. The number of ketones is 2. The summed E-state index contributed by atoms with van der Waals surface area (Å²) < 4.78 is 0. The van der Waals surface area contributed by atoms with E-state index in [4.69, 9.17) is 0 Å². The zero-order valence-corrected chi connectivity index (χ0v) is 10.0. The van der Waals surface area contributed by atoms with Crippen molar-refractivity contribution in [3.63, 3.8) is 0 Å². The van der Waals surface area contributed by atoms with Gasteiger partial charge in [-0.15, -0.1) is 0 Å². The molecule has 0 fully saturated rings. The highest BCUT2D eigenvalue weighted by Gasteiger charge is 2.06. The summed E-state index contributed by atoms with van der Waals surface area (Å²) in [5.41, 5.74) is 0.289. The Morgan fingerprint density at radius 1 is 1.00 bits per heavy atom. The molecule has 94 valence electrons. The van der Waals surface area contributed by atoms with E-state index in [1.54, 1.807) is 6.07 Å². The van der Waals surface area contributed by atoms with Crippen molar-refractivity contribution < 1.29 is 19.8 Å². The normalized spacial score (nSPS) is 12.3. The second kappa shape index (κ2) is 5.77. The fourth-order valence-electron chi connectivity index (χ4n) is 1.25. The molecule has 0 saturated heterocycles. The minimum atomic E-state index is -0.316. The Morgan fingerprint density at radius 2 is 1.39 bits per heavy atom.